The summed E-state index contributed by atoms with van der Waals surface area (Å²) in [4.78, 5) is 5.37. The maximum absolute atomic E-state index is 8.64. The third-order valence-corrected chi connectivity index (χ3v) is 4.87. The van der Waals surface area contributed by atoms with Crippen molar-refractivity contribution in [1.29, 1.82) is 0 Å². The van der Waals surface area contributed by atoms with Crippen LogP contribution in [0.1, 0.15) is 16.5 Å². The van der Waals surface area contributed by atoms with E-state index < -0.39 is 32.5 Å². The van der Waals surface area contributed by atoms with E-state index >= 15 is 0 Å². The van der Waals surface area contributed by atoms with Crippen LogP contribution >= 0.6 is 11.3 Å². The Morgan fingerprint density at radius 1 is 1.04 bits per heavy atom. The topological polar surface area (TPSA) is 37.8 Å². The van der Waals surface area contributed by atoms with Crippen LogP contribution in [0, 0.1) is 0 Å². The Morgan fingerprint density at radius 3 is 2.76 bits per heavy atom. The minimum Gasteiger partial charge on any atom is -0.454 e. The highest BCUT2D eigenvalue weighted by Crippen LogP contribution is 2.33. The lowest BCUT2D eigenvalue weighted by atomic mass is 10.1. The molecular formula is C19H19N3O2S. The normalized spacial score (nSPS) is 30.2. The average molecular weight is 361 g/mol. The van der Waals surface area contributed by atoms with Crippen LogP contribution in [-0.4, -0.2) is 42.7 Å². The zero-order valence-corrected chi connectivity index (χ0v) is 13.8. The van der Waals surface area contributed by atoms with Crippen molar-refractivity contribution < 1.29 is 20.4 Å². The molecule has 0 N–H and O–H groups in total. The van der Waals surface area contributed by atoms with Gasteiger partial charge in [-0.05, 0) is 29.8 Å². The Labute approximate surface area is 161 Å². The van der Waals surface area contributed by atoms with Crippen molar-refractivity contribution in [3.05, 3.63) is 48.0 Å². The Bertz CT molecular complexity index is 1170. The van der Waals surface area contributed by atoms with Gasteiger partial charge in [0.05, 0.1) is 15.7 Å². The summed E-state index contributed by atoms with van der Waals surface area (Å²) < 4.78 is 80.3. The molecule has 0 saturated carbocycles. The van der Waals surface area contributed by atoms with E-state index in [0.29, 0.717) is 37.1 Å². The molecule has 0 unspecified atom stereocenters. The summed E-state index contributed by atoms with van der Waals surface area (Å²) >= 11 is 0.981. The Morgan fingerprint density at radius 2 is 1.88 bits per heavy atom. The van der Waals surface area contributed by atoms with Crippen molar-refractivity contribution in [2.24, 2.45) is 0 Å². The summed E-state index contributed by atoms with van der Waals surface area (Å²) in [5.41, 5.74) is 0.917. The minimum atomic E-state index is -2.97. The van der Waals surface area contributed by atoms with Crippen molar-refractivity contribution in [1.82, 2.24) is 9.88 Å². The molecule has 6 heteroatoms. The lowest BCUT2D eigenvalue weighted by Gasteiger charge is -2.34. The van der Waals surface area contributed by atoms with Crippen LogP contribution in [0.25, 0.3) is 10.2 Å². The highest BCUT2D eigenvalue weighted by Gasteiger charge is 2.21. The van der Waals surface area contributed by atoms with Crippen molar-refractivity contribution >= 4 is 26.7 Å². The summed E-state index contributed by atoms with van der Waals surface area (Å²) in [6.07, 6.45) is 0. The first-order chi connectivity index (χ1) is 15.4. The summed E-state index contributed by atoms with van der Waals surface area (Å²) in [5.74, 6) is 0.906. The Hall–Kier alpha value is -2.31. The summed E-state index contributed by atoms with van der Waals surface area (Å²) in [7, 11) is 0. The van der Waals surface area contributed by atoms with Gasteiger partial charge in [-0.15, -0.1) is 0 Å². The molecule has 0 aliphatic carbocycles. The van der Waals surface area contributed by atoms with Gasteiger partial charge < -0.3 is 14.4 Å². The number of hydrogen-bond donors (Lipinski definition) is 0. The fourth-order valence-electron chi connectivity index (χ4n) is 2.63. The lowest BCUT2D eigenvalue weighted by Crippen LogP contribution is -2.45. The maximum atomic E-state index is 8.64. The predicted octanol–water partition coefficient (Wildman–Crippen LogP) is 3.35. The zero-order chi connectivity index (χ0) is 23.8. The van der Waals surface area contributed by atoms with E-state index in [9.17, 15) is 0 Å². The standard InChI is InChI=1S/C19H19N3O2S/c1-2-4-18-15(3-1)20-19(25-18)22-9-7-21(8-10-22)12-14-5-6-16-17(11-14)24-13-23-16/h1-6,11H,7-10,12-13H2/i7D2,8D2,9D2,10D2. The molecule has 1 aromatic heterocycles. The SMILES string of the molecule is [2H]C1([2H])N(Cc2ccc3c(c2)OCO3)C([2H])([2H])C([2H])([2H])N(c2nc3ccccc3s2)C1([2H])[2H]. The lowest BCUT2D eigenvalue weighted by molar-refractivity contribution is 0.174. The molecule has 5 rings (SSSR count). The zero-order valence-electron chi connectivity index (χ0n) is 21.0. The maximum Gasteiger partial charge on any atom is 0.231 e. The van der Waals surface area contributed by atoms with Crippen molar-refractivity contribution in [2.75, 3.05) is 37.7 Å². The van der Waals surface area contributed by atoms with E-state index in [2.05, 4.69) is 4.98 Å². The number of anilines is 1. The average Bonchev–Trinajstić information content (AvgIpc) is 3.36. The number of fused-ring (bicyclic) bond motifs is 2. The van der Waals surface area contributed by atoms with Gasteiger partial charge in [0.1, 0.15) is 0 Å². The quantitative estimate of drug-likeness (QED) is 0.715. The third kappa shape index (κ3) is 2.92. The van der Waals surface area contributed by atoms with Gasteiger partial charge in [0.15, 0.2) is 16.6 Å². The summed E-state index contributed by atoms with van der Waals surface area (Å²) in [6, 6.07) is 11.7. The summed E-state index contributed by atoms with van der Waals surface area (Å²) in [5, 5.41) is -0.137. The largest absolute Gasteiger partial charge is 0.454 e. The number of aromatic nitrogens is 1. The highest BCUT2D eigenvalue weighted by molar-refractivity contribution is 7.22. The number of nitrogens with zero attached hydrogens (tertiary/aromatic N) is 3. The number of piperazine rings is 1. The Kier molecular flexibility index (Phi) is 2.20. The van der Waals surface area contributed by atoms with Gasteiger partial charge in [0.2, 0.25) is 6.79 Å². The molecule has 2 aliphatic rings. The molecule has 128 valence electrons. The molecule has 0 spiro atoms. The second-order valence-electron chi connectivity index (χ2n) is 5.52. The molecule has 1 saturated heterocycles. The molecular weight excluding hydrogens is 334 g/mol. The highest BCUT2D eigenvalue weighted by atomic mass is 32.1. The van der Waals surface area contributed by atoms with Crippen LogP contribution in [0.2, 0.25) is 0 Å². The van der Waals surface area contributed by atoms with Gasteiger partial charge in [-0.3, -0.25) is 4.90 Å². The number of benzene rings is 2. The first kappa shape index (κ1) is 8.87. The van der Waals surface area contributed by atoms with Crippen LogP contribution < -0.4 is 14.4 Å². The number of ether oxygens (including phenoxy) is 2. The first-order valence-corrected chi connectivity index (χ1v) is 8.51. The van der Waals surface area contributed by atoms with E-state index in [1.165, 1.54) is 0 Å². The molecule has 0 bridgehead atoms. The molecule has 2 aliphatic heterocycles. The van der Waals surface area contributed by atoms with Gasteiger partial charge in [-0.25, -0.2) is 4.98 Å². The molecule has 3 heterocycles. The van der Waals surface area contributed by atoms with Gasteiger partial charge in [-0.1, -0.05) is 29.5 Å². The predicted molar refractivity (Wildman–Crippen MR) is 99.7 cm³/mol. The summed E-state index contributed by atoms with van der Waals surface area (Å²) in [6.45, 7) is -12.2. The van der Waals surface area contributed by atoms with Crippen LogP contribution in [0.5, 0.6) is 11.5 Å². The van der Waals surface area contributed by atoms with E-state index in [1.54, 1.807) is 42.5 Å². The molecule has 1 fully saturated rings. The number of hydrogen-bond acceptors (Lipinski definition) is 6. The smallest absolute Gasteiger partial charge is 0.231 e. The monoisotopic (exact) mass is 361 g/mol. The van der Waals surface area contributed by atoms with E-state index in [4.69, 9.17) is 20.4 Å². The molecule has 0 amide bonds. The van der Waals surface area contributed by atoms with Gasteiger partial charge in [0.25, 0.3) is 0 Å². The second kappa shape index (κ2) is 6.20. The van der Waals surface area contributed by atoms with Gasteiger partial charge in [-0.2, -0.15) is 0 Å². The van der Waals surface area contributed by atoms with Gasteiger partial charge >= 0.3 is 0 Å². The molecule has 5 nitrogen and oxygen atoms in total. The molecule has 3 aromatic rings. The number of rotatable bonds is 3. The van der Waals surface area contributed by atoms with E-state index in [0.717, 1.165) is 11.3 Å². The van der Waals surface area contributed by atoms with Crippen LogP contribution in [0.3, 0.4) is 0 Å². The van der Waals surface area contributed by atoms with E-state index in [-0.39, 0.29) is 11.9 Å². The first-order valence-electron chi connectivity index (χ1n) is 11.7. The molecule has 0 radical (unpaired) electrons. The van der Waals surface area contributed by atoms with Crippen molar-refractivity contribution in [3.8, 4) is 11.5 Å². The van der Waals surface area contributed by atoms with Crippen LogP contribution in [0.4, 0.5) is 5.13 Å². The third-order valence-electron chi connectivity index (χ3n) is 3.85. The van der Waals surface area contributed by atoms with Crippen molar-refractivity contribution in [3.63, 3.8) is 0 Å². The Balaban J connectivity index is 1.60. The van der Waals surface area contributed by atoms with Gasteiger partial charge in [0, 0.05) is 38.0 Å². The molecule has 2 aromatic carbocycles. The number of thiazole rings is 1. The number of para-hydroxylation sites is 1. The fraction of sp³-hybridized carbons (Fsp3) is 0.316. The molecule has 0 atom stereocenters. The molecule has 25 heavy (non-hydrogen) atoms. The minimum absolute atomic E-state index is 0.0341. The van der Waals surface area contributed by atoms with E-state index in [1.807, 2.05) is 0 Å². The van der Waals surface area contributed by atoms with Crippen LogP contribution in [-0.2, 0) is 6.54 Å². The van der Waals surface area contributed by atoms with Crippen LogP contribution in [0.15, 0.2) is 42.5 Å². The fourth-order valence-corrected chi connectivity index (χ4v) is 3.52. The van der Waals surface area contributed by atoms with Crippen molar-refractivity contribution in [2.45, 2.75) is 6.54 Å². The second-order valence-corrected chi connectivity index (χ2v) is 6.53.